The molecule has 2 fully saturated rings. The molecular weight excluding hydrogens is 471 g/mol. The maximum atomic E-state index is 12.8. The van der Waals surface area contributed by atoms with Gasteiger partial charge in [-0.15, -0.1) is 0 Å². The standard InChI is InChI=1S/C23H23F5N6O/c24-18(25)13-34-21-17(10-30-34)29-11-19(31-21)32-7-5-22(6-8-32)9-20(35)33(14-22)12-15-1-3-16(4-2-15)23(26,27)28/h1-4,10-11,18H,5-9,12-14H2. The fraction of sp³-hybridized carbons (Fsp3) is 0.478. The topological polar surface area (TPSA) is 67.2 Å². The van der Waals surface area contributed by atoms with Crippen LogP contribution in [0.1, 0.15) is 30.4 Å². The van der Waals surface area contributed by atoms with Crippen LogP contribution in [0, 0.1) is 5.41 Å². The molecule has 5 rings (SSSR count). The van der Waals surface area contributed by atoms with Crippen molar-refractivity contribution in [3.63, 3.8) is 0 Å². The summed E-state index contributed by atoms with van der Waals surface area (Å²) in [7, 11) is 0. The number of hydrogen-bond donors (Lipinski definition) is 0. The van der Waals surface area contributed by atoms with Gasteiger partial charge in [-0.05, 0) is 30.5 Å². The summed E-state index contributed by atoms with van der Waals surface area (Å²) in [6.07, 6.45) is -2.06. The van der Waals surface area contributed by atoms with E-state index in [4.69, 9.17) is 0 Å². The van der Waals surface area contributed by atoms with Gasteiger partial charge in [0.05, 0.1) is 18.0 Å². The van der Waals surface area contributed by atoms with Crippen LogP contribution < -0.4 is 4.90 Å². The van der Waals surface area contributed by atoms with Gasteiger partial charge in [0.25, 0.3) is 6.43 Å². The summed E-state index contributed by atoms with van der Waals surface area (Å²) in [5.41, 5.74) is 0.500. The summed E-state index contributed by atoms with van der Waals surface area (Å²) < 4.78 is 65.2. The third-order valence-corrected chi connectivity index (χ3v) is 6.85. The Morgan fingerprint density at radius 3 is 2.43 bits per heavy atom. The van der Waals surface area contributed by atoms with Crippen molar-refractivity contribution in [1.82, 2.24) is 24.6 Å². The summed E-state index contributed by atoms with van der Waals surface area (Å²) in [4.78, 5) is 25.3. The van der Waals surface area contributed by atoms with E-state index in [1.54, 1.807) is 11.1 Å². The first-order valence-corrected chi connectivity index (χ1v) is 11.3. The predicted octanol–water partition coefficient (Wildman–Crippen LogP) is 4.13. The third kappa shape index (κ3) is 4.78. The number of nitrogens with zero attached hydrogens (tertiary/aromatic N) is 6. The Morgan fingerprint density at radius 2 is 1.77 bits per heavy atom. The lowest BCUT2D eigenvalue weighted by Gasteiger charge is -2.39. The molecule has 3 aromatic rings. The highest BCUT2D eigenvalue weighted by atomic mass is 19.4. The van der Waals surface area contributed by atoms with Crippen LogP contribution in [0.4, 0.5) is 27.8 Å². The first kappa shape index (κ1) is 23.4. The zero-order chi connectivity index (χ0) is 24.8. The van der Waals surface area contributed by atoms with Crippen LogP contribution in [-0.2, 0) is 24.1 Å². The molecule has 0 unspecified atom stereocenters. The first-order valence-electron chi connectivity index (χ1n) is 11.3. The normalized spacial score (nSPS) is 18.4. The fourth-order valence-corrected chi connectivity index (χ4v) is 4.95. The molecule has 186 valence electrons. The van der Waals surface area contributed by atoms with Crippen LogP contribution >= 0.6 is 0 Å². The van der Waals surface area contributed by atoms with E-state index in [9.17, 15) is 26.7 Å². The quantitative estimate of drug-likeness (QED) is 0.499. The van der Waals surface area contributed by atoms with Crippen LogP contribution in [0.3, 0.4) is 0 Å². The first-order chi connectivity index (χ1) is 16.6. The number of aromatic nitrogens is 4. The molecule has 0 N–H and O–H groups in total. The Bertz CT molecular complexity index is 1220. The minimum Gasteiger partial charge on any atom is -0.355 e. The van der Waals surface area contributed by atoms with Gasteiger partial charge in [0.1, 0.15) is 17.9 Å². The molecule has 0 aliphatic carbocycles. The minimum absolute atomic E-state index is 0.00420. The van der Waals surface area contributed by atoms with E-state index < -0.39 is 24.7 Å². The molecule has 0 atom stereocenters. The van der Waals surface area contributed by atoms with Crippen LogP contribution in [0.5, 0.6) is 0 Å². The molecule has 0 bridgehead atoms. The van der Waals surface area contributed by atoms with Crippen molar-refractivity contribution in [1.29, 1.82) is 0 Å². The van der Waals surface area contributed by atoms with Gasteiger partial charge in [-0.25, -0.2) is 23.4 Å². The SMILES string of the molecule is O=C1CC2(CCN(c3cnc4cnn(CC(F)F)c4n3)CC2)CN1Cc1ccc(C(F)(F)F)cc1. The molecule has 7 nitrogen and oxygen atoms in total. The average molecular weight is 494 g/mol. The molecule has 2 aliphatic heterocycles. The number of halogens is 5. The van der Waals surface area contributed by atoms with Gasteiger partial charge in [-0.3, -0.25) is 4.79 Å². The number of hydrogen-bond acceptors (Lipinski definition) is 5. The fourth-order valence-electron chi connectivity index (χ4n) is 4.95. The summed E-state index contributed by atoms with van der Waals surface area (Å²) in [6, 6.07) is 4.90. The van der Waals surface area contributed by atoms with Crippen molar-refractivity contribution in [3.05, 3.63) is 47.8 Å². The second-order valence-corrected chi connectivity index (χ2v) is 9.26. The van der Waals surface area contributed by atoms with Crippen LogP contribution in [0.15, 0.2) is 36.7 Å². The Balaban J connectivity index is 1.23. The van der Waals surface area contributed by atoms with E-state index >= 15 is 0 Å². The van der Waals surface area contributed by atoms with Gasteiger partial charge in [0.15, 0.2) is 5.65 Å². The number of anilines is 1. The molecule has 2 aromatic heterocycles. The molecule has 1 aromatic carbocycles. The second kappa shape index (κ2) is 8.72. The lowest BCUT2D eigenvalue weighted by Crippen LogP contribution is -2.42. The van der Waals surface area contributed by atoms with Crippen LogP contribution in [0.25, 0.3) is 11.2 Å². The molecule has 2 saturated heterocycles. The van der Waals surface area contributed by atoms with Gasteiger partial charge in [0.2, 0.25) is 5.91 Å². The van der Waals surface area contributed by atoms with Gasteiger partial charge in [-0.1, -0.05) is 12.1 Å². The van der Waals surface area contributed by atoms with E-state index in [-0.39, 0.29) is 17.9 Å². The third-order valence-electron chi connectivity index (χ3n) is 6.85. The predicted molar refractivity (Wildman–Crippen MR) is 117 cm³/mol. The molecule has 4 heterocycles. The van der Waals surface area contributed by atoms with Crippen molar-refractivity contribution >= 4 is 22.9 Å². The highest BCUT2D eigenvalue weighted by Gasteiger charge is 2.45. The van der Waals surface area contributed by atoms with E-state index in [1.165, 1.54) is 18.3 Å². The number of carbonyl (C=O) groups excluding carboxylic acids is 1. The number of piperidine rings is 1. The van der Waals surface area contributed by atoms with Crippen molar-refractivity contribution in [2.24, 2.45) is 5.41 Å². The number of fused-ring (bicyclic) bond motifs is 1. The maximum absolute atomic E-state index is 12.8. The van der Waals surface area contributed by atoms with E-state index in [2.05, 4.69) is 15.1 Å². The average Bonchev–Trinajstić information content (AvgIpc) is 3.33. The van der Waals surface area contributed by atoms with E-state index in [1.807, 2.05) is 4.90 Å². The molecule has 1 amide bonds. The number of alkyl halides is 5. The smallest absolute Gasteiger partial charge is 0.355 e. The Morgan fingerprint density at radius 1 is 1.06 bits per heavy atom. The summed E-state index contributed by atoms with van der Waals surface area (Å²) in [6.45, 7) is 1.53. The Labute approximate surface area is 197 Å². The number of amides is 1. The van der Waals surface area contributed by atoms with Gasteiger partial charge in [0, 0.05) is 38.0 Å². The lowest BCUT2D eigenvalue weighted by molar-refractivity contribution is -0.137. The Kier molecular flexibility index (Phi) is 5.84. The number of rotatable bonds is 5. The van der Waals surface area contributed by atoms with Crippen molar-refractivity contribution in [2.45, 2.75) is 45.0 Å². The molecule has 35 heavy (non-hydrogen) atoms. The maximum Gasteiger partial charge on any atom is 0.416 e. The zero-order valence-corrected chi connectivity index (χ0v) is 18.7. The molecule has 2 aliphatic rings. The number of likely N-dealkylation sites (tertiary alicyclic amines) is 1. The number of benzene rings is 1. The van der Waals surface area contributed by atoms with E-state index in [0.29, 0.717) is 48.6 Å². The largest absolute Gasteiger partial charge is 0.416 e. The lowest BCUT2D eigenvalue weighted by atomic mass is 9.77. The summed E-state index contributed by atoms with van der Waals surface area (Å²) in [5.74, 6) is 0.574. The summed E-state index contributed by atoms with van der Waals surface area (Å²) >= 11 is 0. The highest BCUT2D eigenvalue weighted by molar-refractivity contribution is 5.79. The molecular formula is C23H23F5N6O. The molecule has 1 spiro atoms. The van der Waals surface area contributed by atoms with Gasteiger partial charge >= 0.3 is 6.18 Å². The molecule has 12 heteroatoms. The second-order valence-electron chi connectivity index (χ2n) is 9.26. The number of carbonyl (C=O) groups is 1. The van der Waals surface area contributed by atoms with Gasteiger partial charge < -0.3 is 9.80 Å². The van der Waals surface area contributed by atoms with E-state index in [0.717, 1.165) is 29.7 Å². The molecule has 0 saturated carbocycles. The molecule has 0 radical (unpaired) electrons. The summed E-state index contributed by atoms with van der Waals surface area (Å²) in [5, 5.41) is 3.94. The minimum atomic E-state index is -4.39. The monoisotopic (exact) mass is 494 g/mol. The van der Waals surface area contributed by atoms with Crippen molar-refractivity contribution in [3.8, 4) is 0 Å². The van der Waals surface area contributed by atoms with Crippen LogP contribution in [0.2, 0.25) is 0 Å². The zero-order valence-electron chi connectivity index (χ0n) is 18.7. The Hall–Kier alpha value is -3.31. The van der Waals surface area contributed by atoms with Crippen molar-refractivity contribution in [2.75, 3.05) is 24.5 Å². The van der Waals surface area contributed by atoms with Gasteiger partial charge in [-0.2, -0.15) is 18.3 Å². The highest BCUT2D eigenvalue weighted by Crippen LogP contribution is 2.42. The van der Waals surface area contributed by atoms with Crippen LogP contribution in [-0.4, -0.2) is 56.6 Å². The van der Waals surface area contributed by atoms with Crippen molar-refractivity contribution < 1.29 is 26.7 Å².